The van der Waals surface area contributed by atoms with Crippen LogP contribution in [0.1, 0.15) is 18.4 Å². The quantitative estimate of drug-likeness (QED) is 0.486. The molecule has 0 saturated carbocycles. The van der Waals surface area contributed by atoms with Gasteiger partial charge < -0.3 is 15.5 Å². The van der Waals surface area contributed by atoms with Crippen LogP contribution in [0.15, 0.2) is 54.6 Å². The third-order valence-corrected chi connectivity index (χ3v) is 4.81. The first-order valence-electron chi connectivity index (χ1n) is 7.77. The van der Waals surface area contributed by atoms with Gasteiger partial charge >= 0.3 is 6.03 Å². The number of carbonyl (C=O) groups excluding carboxylic acids is 2. The minimum Gasteiger partial charge on any atom is -0.395 e. The number of imide groups is 1. The summed E-state index contributed by atoms with van der Waals surface area (Å²) < 4.78 is 0. The highest BCUT2D eigenvalue weighted by Crippen LogP contribution is 2.38. The molecular weight excluding hydrogens is 308 g/mol. The Kier molecular flexibility index (Phi) is 4.03. The van der Waals surface area contributed by atoms with Gasteiger partial charge in [-0.2, -0.15) is 0 Å². The van der Waals surface area contributed by atoms with Gasteiger partial charge in [-0.3, -0.25) is 10.1 Å². The van der Waals surface area contributed by atoms with E-state index in [2.05, 4.69) is 10.6 Å². The van der Waals surface area contributed by atoms with E-state index in [-0.39, 0.29) is 12.5 Å². The minimum atomic E-state index is -1.51. The van der Waals surface area contributed by atoms with Gasteiger partial charge in [-0.15, -0.1) is 0 Å². The number of hydrogen-bond acceptors (Lipinski definition) is 4. The Bertz CT molecular complexity index is 699. The second-order valence-electron chi connectivity index (χ2n) is 6.44. The van der Waals surface area contributed by atoms with Crippen molar-refractivity contribution in [3.05, 3.63) is 60.2 Å². The van der Waals surface area contributed by atoms with E-state index < -0.39 is 29.0 Å². The maximum Gasteiger partial charge on any atom is 0.322 e. The molecule has 1 aromatic carbocycles. The zero-order valence-electron chi connectivity index (χ0n) is 13.3. The lowest BCUT2D eigenvalue weighted by atomic mass is 9.70. The number of benzene rings is 1. The van der Waals surface area contributed by atoms with Crippen LogP contribution < -0.4 is 10.6 Å². The maximum atomic E-state index is 12.1. The minimum absolute atomic E-state index is 0.0258. The van der Waals surface area contributed by atoms with Gasteiger partial charge in [-0.05, 0) is 12.5 Å². The molecule has 4 N–H and O–H groups in total. The molecule has 3 rings (SSSR count). The van der Waals surface area contributed by atoms with E-state index in [4.69, 9.17) is 0 Å². The lowest BCUT2D eigenvalue weighted by Crippen LogP contribution is -2.60. The summed E-state index contributed by atoms with van der Waals surface area (Å²) >= 11 is 0. The van der Waals surface area contributed by atoms with Crippen LogP contribution in [-0.2, 0) is 4.79 Å². The lowest BCUT2D eigenvalue weighted by molar-refractivity contribution is -0.130. The normalized spacial score (nSPS) is 33.2. The first kappa shape index (κ1) is 16.4. The van der Waals surface area contributed by atoms with Gasteiger partial charge in [0.2, 0.25) is 0 Å². The highest BCUT2D eigenvalue weighted by Gasteiger charge is 2.54. The fraction of sp³-hybridized carbons (Fsp3) is 0.333. The molecule has 1 aliphatic heterocycles. The number of hydrogen-bond donors (Lipinski definition) is 4. The monoisotopic (exact) mass is 328 g/mol. The SMILES string of the molecule is CC1(C(O)C2(CO)C=CC(c3ccccc3)C=C2)NC(=O)NC1=O. The van der Waals surface area contributed by atoms with E-state index >= 15 is 0 Å². The lowest BCUT2D eigenvalue weighted by Gasteiger charge is -2.40. The molecule has 3 amide bonds. The van der Waals surface area contributed by atoms with Crippen LogP contribution >= 0.6 is 0 Å². The van der Waals surface area contributed by atoms with Crippen LogP contribution in [0.3, 0.4) is 0 Å². The van der Waals surface area contributed by atoms with Crippen LogP contribution in [0.25, 0.3) is 0 Å². The Labute approximate surface area is 139 Å². The number of carbonyl (C=O) groups is 2. The summed E-state index contributed by atoms with van der Waals surface area (Å²) in [5, 5.41) is 25.3. The Hall–Kier alpha value is -2.44. The molecular formula is C18H20N2O4. The van der Waals surface area contributed by atoms with Crippen molar-refractivity contribution < 1.29 is 19.8 Å². The third-order valence-electron chi connectivity index (χ3n) is 4.81. The van der Waals surface area contributed by atoms with Gasteiger partial charge in [-0.25, -0.2) is 4.79 Å². The molecule has 6 nitrogen and oxygen atoms in total. The molecule has 1 heterocycles. The van der Waals surface area contributed by atoms with Crippen molar-refractivity contribution in [1.29, 1.82) is 0 Å². The molecule has 0 bridgehead atoms. The van der Waals surface area contributed by atoms with Crippen molar-refractivity contribution in [2.24, 2.45) is 5.41 Å². The number of aliphatic hydroxyl groups is 2. The average Bonchev–Trinajstić information content (AvgIpc) is 2.88. The molecule has 0 spiro atoms. The van der Waals surface area contributed by atoms with Crippen molar-refractivity contribution in [2.45, 2.75) is 24.5 Å². The molecule has 1 fully saturated rings. The van der Waals surface area contributed by atoms with Crippen molar-refractivity contribution in [1.82, 2.24) is 10.6 Å². The van der Waals surface area contributed by atoms with E-state index in [1.165, 1.54) is 6.92 Å². The van der Waals surface area contributed by atoms with Crippen LogP contribution in [0, 0.1) is 5.41 Å². The summed E-state index contributed by atoms with van der Waals surface area (Å²) in [6, 6.07) is 9.16. The number of nitrogens with one attached hydrogen (secondary N) is 2. The summed E-state index contributed by atoms with van der Waals surface area (Å²) in [5.74, 6) is -0.585. The highest BCUT2D eigenvalue weighted by atomic mass is 16.3. The summed E-state index contributed by atoms with van der Waals surface area (Å²) in [6.07, 6.45) is 5.86. The molecule has 1 aromatic rings. The van der Waals surface area contributed by atoms with Gasteiger partial charge in [0.25, 0.3) is 5.91 Å². The highest BCUT2D eigenvalue weighted by molar-refractivity contribution is 6.07. The number of rotatable bonds is 4. The molecule has 126 valence electrons. The second-order valence-corrected chi connectivity index (χ2v) is 6.44. The zero-order valence-corrected chi connectivity index (χ0v) is 13.3. The zero-order chi connectivity index (χ0) is 17.4. The first-order chi connectivity index (χ1) is 11.4. The molecule has 24 heavy (non-hydrogen) atoms. The van der Waals surface area contributed by atoms with Gasteiger partial charge in [0.1, 0.15) is 11.6 Å². The molecule has 6 heteroatoms. The summed E-state index contributed by atoms with van der Waals surface area (Å²) in [5.41, 5.74) is -1.56. The van der Waals surface area contributed by atoms with Crippen molar-refractivity contribution in [2.75, 3.05) is 6.61 Å². The van der Waals surface area contributed by atoms with Crippen molar-refractivity contribution in [3.8, 4) is 0 Å². The Morgan fingerprint density at radius 2 is 1.79 bits per heavy atom. The van der Waals surface area contributed by atoms with Crippen LogP contribution in [-0.4, -0.2) is 40.4 Å². The van der Waals surface area contributed by atoms with Crippen LogP contribution in [0.2, 0.25) is 0 Å². The summed E-state index contributed by atoms with van der Waals surface area (Å²) in [4.78, 5) is 23.5. The standard InChI is InChI=1S/C18H20N2O4/c1-17(15(23)19-16(24)20-17)14(22)18(11-21)9-7-13(8-10-18)12-5-3-2-4-6-12/h2-10,13-14,21-22H,11H2,1H3,(H2,19,20,23,24). The molecule has 2 aliphatic rings. The Morgan fingerprint density at radius 1 is 1.17 bits per heavy atom. The summed E-state index contributed by atoms with van der Waals surface area (Å²) in [7, 11) is 0. The third kappa shape index (κ3) is 2.53. The average molecular weight is 328 g/mol. The molecule has 2 atom stereocenters. The summed E-state index contributed by atoms with van der Waals surface area (Å²) in [6.45, 7) is 1.06. The molecule has 1 saturated heterocycles. The van der Waals surface area contributed by atoms with Gasteiger partial charge in [-0.1, -0.05) is 54.6 Å². The second kappa shape index (κ2) is 5.89. The smallest absolute Gasteiger partial charge is 0.322 e. The van der Waals surface area contributed by atoms with E-state index in [0.29, 0.717) is 0 Å². The Balaban J connectivity index is 1.88. The number of aliphatic hydroxyl groups excluding tert-OH is 2. The number of allylic oxidation sites excluding steroid dienone is 2. The van der Waals surface area contributed by atoms with Gasteiger partial charge in [0.15, 0.2) is 0 Å². The predicted octanol–water partition coefficient (Wildman–Crippen LogP) is 0.834. The first-order valence-corrected chi connectivity index (χ1v) is 7.77. The maximum absolute atomic E-state index is 12.1. The van der Waals surface area contributed by atoms with E-state index in [1.807, 2.05) is 42.5 Å². The van der Waals surface area contributed by atoms with Crippen molar-refractivity contribution >= 4 is 11.9 Å². The van der Waals surface area contributed by atoms with E-state index in [1.54, 1.807) is 12.2 Å². The van der Waals surface area contributed by atoms with Gasteiger partial charge in [0.05, 0.1) is 12.0 Å². The Morgan fingerprint density at radius 3 is 2.29 bits per heavy atom. The van der Waals surface area contributed by atoms with Crippen LogP contribution in [0.4, 0.5) is 4.79 Å². The topological polar surface area (TPSA) is 98.7 Å². The number of urea groups is 1. The fourth-order valence-corrected chi connectivity index (χ4v) is 3.24. The van der Waals surface area contributed by atoms with Crippen LogP contribution in [0.5, 0.6) is 0 Å². The molecule has 0 aromatic heterocycles. The largest absolute Gasteiger partial charge is 0.395 e. The fourth-order valence-electron chi connectivity index (χ4n) is 3.24. The molecule has 0 radical (unpaired) electrons. The number of amides is 3. The van der Waals surface area contributed by atoms with E-state index in [9.17, 15) is 19.8 Å². The predicted molar refractivity (Wildman–Crippen MR) is 88.1 cm³/mol. The molecule has 1 aliphatic carbocycles. The molecule has 2 unspecified atom stereocenters. The van der Waals surface area contributed by atoms with Crippen molar-refractivity contribution in [3.63, 3.8) is 0 Å². The van der Waals surface area contributed by atoms with E-state index in [0.717, 1.165) is 5.56 Å². The van der Waals surface area contributed by atoms with Gasteiger partial charge in [0, 0.05) is 5.92 Å².